The molecule has 0 aromatic carbocycles. The maximum absolute atomic E-state index is 5.81. The van der Waals surface area contributed by atoms with Crippen molar-refractivity contribution in [1.82, 2.24) is 15.2 Å². The molecule has 0 atom stereocenters. The van der Waals surface area contributed by atoms with Gasteiger partial charge >= 0.3 is 0 Å². The molecule has 0 saturated heterocycles. The van der Waals surface area contributed by atoms with Crippen molar-refractivity contribution >= 4 is 28.2 Å². The number of aromatic nitrogens is 3. The minimum Gasteiger partial charge on any atom is -0.353 e. The molecule has 2 heterocycles. The van der Waals surface area contributed by atoms with Crippen molar-refractivity contribution in [2.45, 2.75) is 29.8 Å². The van der Waals surface area contributed by atoms with Gasteiger partial charge < -0.3 is 10.6 Å². The van der Waals surface area contributed by atoms with Gasteiger partial charge in [-0.15, -0.1) is 10.2 Å². The van der Waals surface area contributed by atoms with Gasteiger partial charge in [-0.1, -0.05) is 11.3 Å². The number of hydrogen-bond acceptors (Lipinski definition) is 7. The standard InChI is InChI=1S/C12H17N5S2/c1-7-5-8(2)14-10(9(7)6-13)18-12-16-15-11(19-12)17(3)4/h5H,6,13H2,1-4H3. The number of nitrogens with two attached hydrogens (primary N) is 1. The Morgan fingerprint density at radius 1 is 1.32 bits per heavy atom. The van der Waals surface area contributed by atoms with Gasteiger partial charge in [-0.3, -0.25) is 0 Å². The molecule has 102 valence electrons. The molecule has 0 aliphatic carbocycles. The molecule has 7 heteroatoms. The van der Waals surface area contributed by atoms with Gasteiger partial charge in [0.25, 0.3) is 0 Å². The van der Waals surface area contributed by atoms with E-state index in [2.05, 4.69) is 28.2 Å². The Balaban J connectivity index is 2.31. The molecule has 5 nitrogen and oxygen atoms in total. The van der Waals surface area contributed by atoms with E-state index in [1.165, 1.54) is 17.3 Å². The molecule has 2 aromatic heterocycles. The van der Waals surface area contributed by atoms with E-state index >= 15 is 0 Å². The van der Waals surface area contributed by atoms with Gasteiger partial charge in [-0.05, 0) is 37.2 Å². The van der Waals surface area contributed by atoms with Crippen molar-refractivity contribution in [1.29, 1.82) is 0 Å². The van der Waals surface area contributed by atoms with Gasteiger partial charge in [0.2, 0.25) is 5.13 Å². The van der Waals surface area contributed by atoms with Crippen LogP contribution in [0.4, 0.5) is 5.13 Å². The SMILES string of the molecule is Cc1cc(C)c(CN)c(Sc2nnc(N(C)C)s2)n1. The quantitative estimate of drug-likeness (QED) is 0.933. The summed E-state index contributed by atoms with van der Waals surface area (Å²) in [7, 11) is 3.91. The first kappa shape index (κ1) is 14.2. The Morgan fingerprint density at radius 2 is 2.05 bits per heavy atom. The topological polar surface area (TPSA) is 67.9 Å². The second-order valence-electron chi connectivity index (χ2n) is 4.42. The maximum atomic E-state index is 5.81. The van der Waals surface area contributed by atoms with Crippen LogP contribution < -0.4 is 10.6 Å². The largest absolute Gasteiger partial charge is 0.353 e. The summed E-state index contributed by atoms with van der Waals surface area (Å²) < 4.78 is 0.885. The van der Waals surface area contributed by atoms with Crippen molar-refractivity contribution in [3.8, 4) is 0 Å². The molecular weight excluding hydrogens is 278 g/mol. The van der Waals surface area contributed by atoms with Gasteiger partial charge in [0.1, 0.15) is 5.03 Å². The molecule has 0 aliphatic heterocycles. The van der Waals surface area contributed by atoms with Crippen LogP contribution in [-0.2, 0) is 6.54 Å². The first-order chi connectivity index (χ1) is 9.01. The first-order valence-corrected chi connectivity index (χ1v) is 7.50. The summed E-state index contributed by atoms with van der Waals surface area (Å²) >= 11 is 3.09. The predicted octanol–water partition coefficient (Wildman–Crippen LogP) is 2.23. The molecule has 0 bridgehead atoms. The summed E-state index contributed by atoms with van der Waals surface area (Å²) in [5, 5.41) is 10.1. The van der Waals surface area contributed by atoms with Crippen molar-refractivity contribution in [3.63, 3.8) is 0 Å². The van der Waals surface area contributed by atoms with Crippen LogP contribution in [0.1, 0.15) is 16.8 Å². The van der Waals surface area contributed by atoms with Gasteiger partial charge in [0, 0.05) is 31.9 Å². The van der Waals surface area contributed by atoms with Crippen molar-refractivity contribution < 1.29 is 0 Å². The zero-order valence-corrected chi connectivity index (χ0v) is 13.1. The molecule has 2 rings (SSSR count). The summed E-state index contributed by atoms with van der Waals surface area (Å²) in [6.07, 6.45) is 0. The summed E-state index contributed by atoms with van der Waals surface area (Å²) in [6.45, 7) is 4.54. The zero-order valence-electron chi connectivity index (χ0n) is 11.5. The highest BCUT2D eigenvalue weighted by molar-refractivity contribution is 8.01. The lowest BCUT2D eigenvalue weighted by Crippen LogP contribution is -2.07. The Kier molecular flexibility index (Phi) is 4.38. The highest BCUT2D eigenvalue weighted by atomic mass is 32.2. The van der Waals surface area contributed by atoms with E-state index in [1.807, 2.05) is 25.9 Å². The normalized spacial score (nSPS) is 10.8. The third-order valence-electron chi connectivity index (χ3n) is 2.60. The summed E-state index contributed by atoms with van der Waals surface area (Å²) in [5.41, 5.74) is 9.07. The van der Waals surface area contributed by atoms with E-state index in [-0.39, 0.29) is 0 Å². The highest BCUT2D eigenvalue weighted by Crippen LogP contribution is 2.34. The van der Waals surface area contributed by atoms with Crippen molar-refractivity contribution in [2.24, 2.45) is 5.73 Å². The number of hydrogen-bond donors (Lipinski definition) is 1. The number of pyridine rings is 1. The predicted molar refractivity (Wildman–Crippen MR) is 80.0 cm³/mol. The fourth-order valence-corrected chi connectivity index (χ4v) is 3.60. The molecule has 0 spiro atoms. The Labute approximate surface area is 121 Å². The van der Waals surface area contributed by atoms with Crippen LogP contribution in [0.2, 0.25) is 0 Å². The van der Waals surface area contributed by atoms with Crippen molar-refractivity contribution in [3.05, 3.63) is 22.9 Å². The van der Waals surface area contributed by atoms with Crippen LogP contribution in [0, 0.1) is 13.8 Å². The number of anilines is 1. The average molecular weight is 295 g/mol. The molecule has 0 aliphatic rings. The van der Waals surface area contributed by atoms with Crippen molar-refractivity contribution in [2.75, 3.05) is 19.0 Å². The minimum absolute atomic E-state index is 0.487. The zero-order chi connectivity index (χ0) is 14.0. The van der Waals surface area contributed by atoms with E-state index in [9.17, 15) is 0 Å². The van der Waals surface area contributed by atoms with E-state index in [4.69, 9.17) is 5.73 Å². The van der Waals surface area contributed by atoms with Crippen LogP contribution in [0.15, 0.2) is 15.4 Å². The summed E-state index contributed by atoms with van der Waals surface area (Å²) in [6, 6.07) is 2.05. The molecule has 0 unspecified atom stereocenters. The fraction of sp³-hybridized carbons (Fsp3) is 0.417. The Hall–Kier alpha value is -1.18. The third kappa shape index (κ3) is 3.23. The average Bonchev–Trinajstić information content (AvgIpc) is 2.77. The Bertz CT molecular complexity index is 579. The second-order valence-corrected chi connectivity index (χ2v) is 6.61. The number of rotatable bonds is 4. The van der Waals surface area contributed by atoms with Gasteiger partial charge in [0.05, 0.1) is 0 Å². The monoisotopic (exact) mass is 295 g/mol. The van der Waals surface area contributed by atoms with Gasteiger partial charge in [-0.2, -0.15) is 0 Å². The molecule has 0 saturated carbocycles. The number of aryl methyl sites for hydroxylation is 2. The smallest absolute Gasteiger partial charge is 0.208 e. The van der Waals surface area contributed by atoms with Crippen LogP contribution in [-0.4, -0.2) is 29.3 Å². The Morgan fingerprint density at radius 3 is 2.63 bits per heavy atom. The van der Waals surface area contributed by atoms with E-state index in [0.29, 0.717) is 6.54 Å². The number of nitrogens with zero attached hydrogens (tertiary/aromatic N) is 4. The summed E-state index contributed by atoms with van der Waals surface area (Å²) in [5.74, 6) is 0. The van der Waals surface area contributed by atoms with Crippen LogP contribution in [0.5, 0.6) is 0 Å². The van der Waals surface area contributed by atoms with E-state index in [0.717, 1.165) is 25.8 Å². The van der Waals surface area contributed by atoms with E-state index < -0.39 is 0 Å². The first-order valence-electron chi connectivity index (χ1n) is 5.87. The molecular formula is C12H17N5S2. The van der Waals surface area contributed by atoms with Gasteiger partial charge in [0.15, 0.2) is 4.34 Å². The van der Waals surface area contributed by atoms with Crippen LogP contribution in [0.3, 0.4) is 0 Å². The third-order valence-corrected chi connectivity index (χ3v) is 4.78. The summed E-state index contributed by atoms with van der Waals surface area (Å²) in [4.78, 5) is 6.51. The lowest BCUT2D eigenvalue weighted by Gasteiger charge is -2.09. The molecule has 0 amide bonds. The van der Waals surface area contributed by atoms with Gasteiger partial charge in [-0.25, -0.2) is 4.98 Å². The lowest BCUT2D eigenvalue weighted by atomic mass is 10.1. The van der Waals surface area contributed by atoms with Crippen LogP contribution >= 0.6 is 23.1 Å². The molecule has 2 N–H and O–H groups in total. The molecule has 2 aromatic rings. The minimum atomic E-state index is 0.487. The second kappa shape index (κ2) is 5.85. The maximum Gasteiger partial charge on any atom is 0.208 e. The molecule has 0 radical (unpaired) electrons. The van der Waals surface area contributed by atoms with Crippen LogP contribution in [0.25, 0.3) is 0 Å². The highest BCUT2D eigenvalue weighted by Gasteiger charge is 2.13. The molecule has 0 fully saturated rings. The fourth-order valence-electron chi connectivity index (χ4n) is 1.67. The lowest BCUT2D eigenvalue weighted by molar-refractivity contribution is 0.917. The van der Waals surface area contributed by atoms with E-state index in [1.54, 1.807) is 11.3 Å². The molecule has 19 heavy (non-hydrogen) atoms.